The van der Waals surface area contributed by atoms with Crippen LogP contribution in [0.4, 0.5) is 4.39 Å². The maximum atomic E-state index is 12.6. The monoisotopic (exact) mass is 166 g/mol. The van der Waals surface area contributed by atoms with Gasteiger partial charge in [0.1, 0.15) is 5.82 Å². The molecule has 0 saturated heterocycles. The molecule has 12 heavy (non-hydrogen) atoms. The lowest BCUT2D eigenvalue weighted by molar-refractivity contribution is 0.440. The summed E-state index contributed by atoms with van der Waals surface area (Å²) < 4.78 is 12.6. The van der Waals surface area contributed by atoms with E-state index in [0.717, 1.165) is 5.56 Å². The Morgan fingerprint density at radius 1 is 1.42 bits per heavy atom. The van der Waals surface area contributed by atoms with Crippen molar-refractivity contribution in [1.29, 1.82) is 0 Å². The van der Waals surface area contributed by atoms with Crippen molar-refractivity contribution in [3.63, 3.8) is 0 Å². The van der Waals surface area contributed by atoms with E-state index in [2.05, 4.69) is 5.10 Å². The molecule has 0 fully saturated rings. The van der Waals surface area contributed by atoms with E-state index in [1.807, 2.05) is 14.1 Å². The fraction of sp³-hybridized carbons (Fsp3) is 0.222. The molecule has 0 bridgehead atoms. The Bertz CT molecular complexity index is 282. The number of benzene rings is 1. The third-order valence-electron chi connectivity index (χ3n) is 1.29. The van der Waals surface area contributed by atoms with Gasteiger partial charge in [-0.15, -0.1) is 0 Å². The quantitative estimate of drug-likeness (QED) is 0.482. The highest BCUT2D eigenvalue weighted by atomic mass is 19.1. The van der Waals surface area contributed by atoms with Gasteiger partial charge in [-0.25, -0.2) is 4.39 Å². The van der Waals surface area contributed by atoms with E-state index in [1.165, 1.54) is 12.1 Å². The number of rotatable bonds is 2. The van der Waals surface area contributed by atoms with Crippen LogP contribution in [0.3, 0.4) is 0 Å². The summed E-state index contributed by atoms with van der Waals surface area (Å²) in [5.74, 6) is -0.238. The second-order valence-corrected chi connectivity index (χ2v) is 2.65. The summed E-state index contributed by atoms with van der Waals surface area (Å²) in [5.41, 5.74) is 0.767. The zero-order chi connectivity index (χ0) is 8.97. The zero-order valence-electron chi connectivity index (χ0n) is 7.16. The second kappa shape index (κ2) is 3.85. The molecule has 3 heteroatoms. The molecule has 0 aliphatic heterocycles. The van der Waals surface area contributed by atoms with E-state index in [-0.39, 0.29) is 5.82 Å². The average molecular weight is 166 g/mol. The minimum atomic E-state index is -0.238. The van der Waals surface area contributed by atoms with Crippen molar-refractivity contribution >= 4 is 6.21 Å². The van der Waals surface area contributed by atoms with Crippen LogP contribution in [0.15, 0.2) is 29.4 Å². The predicted octanol–water partition coefficient (Wildman–Crippen LogP) is 1.72. The van der Waals surface area contributed by atoms with E-state index < -0.39 is 0 Å². The highest BCUT2D eigenvalue weighted by Crippen LogP contribution is 2.00. The van der Waals surface area contributed by atoms with Crippen LogP contribution in [0.25, 0.3) is 0 Å². The van der Waals surface area contributed by atoms with Crippen molar-refractivity contribution in [1.82, 2.24) is 5.01 Å². The first kappa shape index (κ1) is 8.71. The largest absolute Gasteiger partial charge is 0.303 e. The molecule has 0 aliphatic rings. The van der Waals surface area contributed by atoms with Crippen molar-refractivity contribution in [2.75, 3.05) is 14.1 Å². The average Bonchev–Trinajstić information content (AvgIpc) is 2.01. The van der Waals surface area contributed by atoms with Crippen molar-refractivity contribution in [3.05, 3.63) is 35.6 Å². The van der Waals surface area contributed by atoms with Gasteiger partial charge in [0.2, 0.25) is 0 Å². The molecule has 1 aromatic carbocycles. The summed E-state index contributed by atoms with van der Waals surface area (Å²) in [7, 11) is 3.63. The third kappa shape index (κ3) is 2.70. The SMILES string of the molecule is CN(C)/N=C/c1cccc(F)c1. The number of halogens is 1. The predicted molar refractivity (Wildman–Crippen MR) is 47.7 cm³/mol. The lowest BCUT2D eigenvalue weighted by atomic mass is 10.2. The minimum absolute atomic E-state index is 0.238. The summed E-state index contributed by atoms with van der Waals surface area (Å²) in [6, 6.07) is 6.31. The van der Waals surface area contributed by atoms with Gasteiger partial charge < -0.3 is 5.01 Å². The number of hydrazone groups is 1. The molecule has 1 aromatic rings. The molecule has 2 nitrogen and oxygen atoms in total. The summed E-state index contributed by atoms with van der Waals surface area (Å²) in [5, 5.41) is 5.64. The van der Waals surface area contributed by atoms with Gasteiger partial charge in [0, 0.05) is 14.1 Å². The fourth-order valence-corrected chi connectivity index (χ4v) is 0.769. The van der Waals surface area contributed by atoms with Crippen molar-refractivity contribution in [2.24, 2.45) is 5.10 Å². The Hall–Kier alpha value is -1.38. The minimum Gasteiger partial charge on any atom is -0.303 e. The number of nitrogens with zero attached hydrogens (tertiary/aromatic N) is 2. The summed E-state index contributed by atoms with van der Waals surface area (Å²) in [6.07, 6.45) is 1.61. The van der Waals surface area contributed by atoms with Crippen LogP contribution in [0.1, 0.15) is 5.56 Å². The van der Waals surface area contributed by atoms with Gasteiger partial charge in [-0.1, -0.05) is 12.1 Å². The lowest BCUT2D eigenvalue weighted by Gasteiger charge is -2.01. The van der Waals surface area contributed by atoms with Crippen LogP contribution in [0, 0.1) is 5.82 Å². The Kier molecular flexibility index (Phi) is 2.80. The van der Waals surface area contributed by atoms with Crippen molar-refractivity contribution in [2.45, 2.75) is 0 Å². The third-order valence-corrected chi connectivity index (χ3v) is 1.29. The molecular formula is C9H11FN2. The normalized spacial score (nSPS) is 10.6. The first-order chi connectivity index (χ1) is 5.68. The molecule has 1 rings (SSSR count). The molecule has 0 radical (unpaired) electrons. The smallest absolute Gasteiger partial charge is 0.123 e. The van der Waals surface area contributed by atoms with E-state index >= 15 is 0 Å². The maximum Gasteiger partial charge on any atom is 0.123 e. The van der Waals surface area contributed by atoms with Crippen LogP contribution in [0.5, 0.6) is 0 Å². The molecule has 0 aliphatic carbocycles. The molecule has 64 valence electrons. The van der Waals surface area contributed by atoms with Gasteiger partial charge in [0.05, 0.1) is 6.21 Å². The first-order valence-electron chi connectivity index (χ1n) is 3.65. The second-order valence-electron chi connectivity index (χ2n) is 2.65. The maximum absolute atomic E-state index is 12.6. The molecule has 0 unspecified atom stereocenters. The highest BCUT2D eigenvalue weighted by molar-refractivity contribution is 5.79. The highest BCUT2D eigenvalue weighted by Gasteiger charge is 1.90. The summed E-state index contributed by atoms with van der Waals surface area (Å²) in [6.45, 7) is 0. The van der Waals surface area contributed by atoms with Crippen LogP contribution < -0.4 is 0 Å². The van der Waals surface area contributed by atoms with E-state index in [1.54, 1.807) is 23.4 Å². The van der Waals surface area contributed by atoms with Gasteiger partial charge in [0.15, 0.2) is 0 Å². The molecule has 0 saturated carbocycles. The van der Waals surface area contributed by atoms with E-state index in [4.69, 9.17) is 0 Å². The molecule has 0 spiro atoms. The van der Waals surface area contributed by atoms with Crippen LogP contribution in [-0.4, -0.2) is 25.3 Å². The van der Waals surface area contributed by atoms with Crippen LogP contribution >= 0.6 is 0 Å². The standard InChI is InChI=1S/C9H11FN2/c1-12(2)11-7-8-4-3-5-9(10)6-8/h3-7H,1-2H3/b11-7+. The summed E-state index contributed by atoms with van der Waals surface area (Å²) >= 11 is 0. The zero-order valence-corrected chi connectivity index (χ0v) is 7.16. The van der Waals surface area contributed by atoms with Gasteiger partial charge in [-0.2, -0.15) is 5.10 Å². The number of hydrogen-bond acceptors (Lipinski definition) is 2. The Labute approximate surface area is 71.3 Å². The topological polar surface area (TPSA) is 15.6 Å². The lowest BCUT2D eigenvalue weighted by Crippen LogP contribution is -2.01. The van der Waals surface area contributed by atoms with Gasteiger partial charge in [-0.05, 0) is 17.7 Å². The molecule has 0 amide bonds. The molecule has 0 heterocycles. The van der Waals surface area contributed by atoms with Crippen molar-refractivity contribution < 1.29 is 4.39 Å². The molecule has 0 N–H and O–H groups in total. The molecule has 0 atom stereocenters. The summed E-state index contributed by atoms with van der Waals surface area (Å²) in [4.78, 5) is 0. The molecular weight excluding hydrogens is 155 g/mol. The fourth-order valence-electron chi connectivity index (χ4n) is 0.769. The van der Waals surface area contributed by atoms with Crippen molar-refractivity contribution in [3.8, 4) is 0 Å². The van der Waals surface area contributed by atoms with Gasteiger partial charge in [-0.3, -0.25) is 0 Å². The Morgan fingerprint density at radius 3 is 2.75 bits per heavy atom. The van der Waals surface area contributed by atoms with E-state index in [9.17, 15) is 4.39 Å². The van der Waals surface area contributed by atoms with Crippen LogP contribution in [-0.2, 0) is 0 Å². The van der Waals surface area contributed by atoms with E-state index in [0.29, 0.717) is 0 Å². The number of hydrogen-bond donors (Lipinski definition) is 0. The van der Waals surface area contributed by atoms with Crippen LogP contribution in [0.2, 0.25) is 0 Å². The molecule has 0 aromatic heterocycles. The first-order valence-corrected chi connectivity index (χ1v) is 3.65. The van der Waals surface area contributed by atoms with Gasteiger partial charge >= 0.3 is 0 Å². The van der Waals surface area contributed by atoms with Gasteiger partial charge in [0.25, 0.3) is 0 Å². The Balaban J connectivity index is 2.76. The Morgan fingerprint density at radius 2 is 2.17 bits per heavy atom.